The molecule has 7 nitrogen and oxygen atoms in total. The molecule has 0 bridgehead atoms. The van der Waals surface area contributed by atoms with Crippen LogP contribution in [0.3, 0.4) is 0 Å². The number of rotatable bonds is 7. The van der Waals surface area contributed by atoms with Gasteiger partial charge in [-0.25, -0.2) is 8.42 Å². The number of allylic oxidation sites excluding steroid dienone is 5. The van der Waals surface area contributed by atoms with Crippen molar-refractivity contribution in [2.24, 2.45) is 56.7 Å². The lowest BCUT2D eigenvalue weighted by molar-refractivity contribution is -0.221. The molecule has 51 heavy (non-hydrogen) atoms. The third-order valence-electron chi connectivity index (χ3n) is 17.5. The van der Waals surface area contributed by atoms with E-state index in [0.29, 0.717) is 73.4 Å². The average Bonchev–Trinajstić information content (AvgIpc) is 3.46. The molecule has 6 aliphatic carbocycles. The molecule has 0 amide bonds. The van der Waals surface area contributed by atoms with E-state index in [9.17, 15) is 23.6 Å². The molecular formula is C43H65N3O4S. The molecule has 1 unspecified atom stereocenters. The van der Waals surface area contributed by atoms with Crippen molar-refractivity contribution in [2.45, 2.75) is 124 Å². The number of carboxylic acid groups (broad SMARTS) is 1. The zero-order chi connectivity index (χ0) is 36.8. The van der Waals surface area contributed by atoms with Gasteiger partial charge in [0, 0.05) is 31.7 Å². The molecule has 0 aromatic heterocycles. The minimum atomic E-state index is -2.87. The predicted molar refractivity (Wildman–Crippen MR) is 203 cm³/mol. The second-order valence-electron chi connectivity index (χ2n) is 19.7. The second-order valence-corrected chi connectivity index (χ2v) is 22.0. The van der Waals surface area contributed by atoms with Crippen molar-refractivity contribution in [1.82, 2.24) is 10.2 Å². The number of nitrogens with zero attached hydrogens (tertiary/aromatic N) is 2. The Morgan fingerprint density at radius 2 is 1.69 bits per heavy atom. The highest BCUT2D eigenvalue weighted by Crippen LogP contribution is 2.76. The van der Waals surface area contributed by atoms with Gasteiger partial charge in [-0.05, 0) is 146 Å². The van der Waals surface area contributed by atoms with Crippen LogP contribution in [0.15, 0.2) is 35.5 Å². The summed E-state index contributed by atoms with van der Waals surface area (Å²) < 4.78 is 24.1. The van der Waals surface area contributed by atoms with Gasteiger partial charge in [-0.2, -0.15) is 5.26 Å². The number of sulfone groups is 1. The third-order valence-corrected chi connectivity index (χ3v) is 19.1. The monoisotopic (exact) mass is 719 g/mol. The Morgan fingerprint density at radius 3 is 2.31 bits per heavy atom. The highest BCUT2D eigenvalue weighted by Gasteiger charge is 2.70. The molecule has 0 radical (unpaired) electrons. The van der Waals surface area contributed by atoms with Crippen LogP contribution in [0, 0.1) is 68.0 Å². The third kappa shape index (κ3) is 5.59. The topological polar surface area (TPSA) is 111 Å². The molecule has 1 heterocycles. The molecule has 282 valence electrons. The maximum Gasteiger partial charge on any atom is 0.324 e. The molecular weight excluding hydrogens is 655 g/mol. The van der Waals surface area contributed by atoms with Crippen LogP contribution < -0.4 is 5.32 Å². The molecule has 1 saturated heterocycles. The van der Waals surface area contributed by atoms with Gasteiger partial charge in [0.15, 0.2) is 15.3 Å². The number of hydrogen-bond acceptors (Lipinski definition) is 6. The fourth-order valence-corrected chi connectivity index (χ4v) is 15.8. The summed E-state index contributed by atoms with van der Waals surface area (Å²) in [5, 5.41) is 23.8. The normalized spacial score (nSPS) is 45.9. The molecule has 0 aromatic carbocycles. The van der Waals surface area contributed by atoms with Gasteiger partial charge in [-0.1, -0.05) is 58.9 Å². The molecule has 7 aliphatic rings. The number of aliphatic carboxylic acids is 1. The van der Waals surface area contributed by atoms with E-state index in [1.165, 1.54) is 68.1 Å². The van der Waals surface area contributed by atoms with E-state index in [1.54, 1.807) is 0 Å². The van der Waals surface area contributed by atoms with Crippen molar-refractivity contribution in [2.75, 3.05) is 37.7 Å². The Bertz CT molecular complexity index is 1660. The van der Waals surface area contributed by atoms with Gasteiger partial charge in [-0.15, -0.1) is 0 Å². The van der Waals surface area contributed by atoms with Crippen molar-refractivity contribution in [3.05, 3.63) is 35.5 Å². The highest BCUT2D eigenvalue weighted by atomic mass is 32.2. The molecule has 2 N–H and O–H groups in total. The zero-order valence-electron chi connectivity index (χ0n) is 32.5. The Morgan fingerprint density at radius 1 is 0.961 bits per heavy atom. The summed E-state index contributed by atoms with van der Waals surface area (Å²) in [5.74, 6) is 2.63. The summed E-state index contributed by atoms with van der Waals surface area (Å²) in [6, 6.07) is 2.13. The predicted octanol–water partition coefficient (Wildman–Crippen LogP) is 7.96. The van der Waals surface area contributed by atoms with Crippen LogP contribution in [0.25, 0.3) is 0 Å². The number of fused-ring (bicyclic) bond motifs is 7. The molecule has 10 atom stereocenters. The van der Waals surface area contributed by atoms with Gasteiger partial charge >= 0.3 is 5.97 Å². The largest absolute Gasteiger partial charge is 0.480 e. The summed E-state index contributed by atoms with van der Waals surface area (Å²) in [7, 11) is -2.87. The van der Waals surface area contributed by atoms with Gasteiger partial charge in [-0.3, -0.25) is 4.79 Å². The van der Waals surface area contributed by atoms with E-state index in [2.05, 4.69) is 76.6 Å². The molecule has 5 fully saturated rings. The van der Waals surface area contributed by atoms with E-state index < -0.39 is 21.2 Å². The summed E-state index contributed by atoms with van der Waals surface area (Å²) in [6.45, 7) is 23.0. The standard InChI is InChI=1S/C43H65N3O4S/c1-29(2)31-12-19-43(45-22-23-46-24-26-51(49,50)27-25-46)21-20-40(6)33(36(31)43)8-9-35-39(5)15-13-32(38(3,4)34(39)14-16-41(35,40)7)30-10-17-42(28-44,18-11-30)37(47)48/h10,13,31,33-36,45H,1,8-9,11-12,14-27H2,2-7H3,(H,47,48)/t31-,33+,34-,35+,36+,39-,40+,41+,42?,43-/m0/s1. The second kappa shape index (κ2) is 12.6. The first-order chi connectivity index (χ1) is 23.9. The first-order valence-electron chi connectivity index (χ1n) is 20.3. The summed E-state index contributed by atoms with van der Waals surface area (Å²) in [5.41, 5.74) is 3.63. The minimum Gasteiger partial charge on any atom is -0.480 e. The van der Waals surface area contributed by atoms with Gasteiger partial charge in [0.25, 0.3) is 0 Å². The van der Waals surface area contributed by atoms with Crippen LogP contribution in [0.5, 0.6) is 0 Å². The van der Waals surface area contributed by atoms with Crippen LogP contribution >= 0.6 is 0 Å². The van der Waals surface area contributed by atoms with E-state index in [4.69, 9.17) is 0 Å². The van der Waals surface area contributed by atoms with Gasteiger partial charge in [0.1, 0.15) is 0 Å². The Hall–Kier alpha value is -1.95. The summed E-state index contributed by atoms with van der Waals surface area (Å²) >= 11 is 0. The minimum absolute atomic E-state index is 0.00549. The Kier molecular flexibility index (Phi) is 9.20. The lowest BCUT2D eigenvalue weighted by Gasteiger charge is -2.72. The summed E-state index contributed by atoms with van der Waals surface area (Å²) in [4.78, 5) is 14.3. The SMILES string of the molecule is C=C(C)[C@@H]1CC[C@]2(NCCN3CCS(=O)(=O)CC3)CC[C@]3(C)[C@H](CC[C@@H]4[C@@]5(C)CC=C(C6=CCC(C#N)(C(=O)O)CC6)C(C)(C)[C@@H]5CC[C@]43C)[C@@H]12. The molecule has 8 heteroatoms. The molecule has 7 rings (SSSR count). The van der Waals surface area contributed by atoms with Gasteiger partial charge in [0.2, 0.25) is 0 Å². The lowest BCUT2D eigenvalue weighted by atomic mass is 9.33. The number of nitriles is 1. The quantitative estimate of drug-likeness (QED) is 0.257. The number of hydrogen-bond donors (Lipinski definition) is 2. The smallest absolute Gasteiger partial charge is 0.324 e. The van der Waals surface area contributed by atoms with Crippen LogP contribution in [0.4, 0.5) is 0 Å². The van der Waals surface area contributed by atoms with E-state index in [1.807, 2.05) is 0 Å². The van der Waals surface area contributed by atoms with Crippen LogP contribution in [-0.2, 0) is 14.6 Å². The average molecular weight is 720 g/mol. The Labute approximate surface area is 308 Å². The number of carboxylic acids is 1. The van der Waals surface area contributed by atoms with Gasteiger partial charge in [0.05, 0.1) is 17.6 Å². The molecule has 4 saturated carbocycles. The lowest BCUT2D eigenvalue weighted by Crippen LogP contribution is -2.68. The van der Waals surface area contributed by atoms with Crippen LogP contribution in [0.2, 0.25) is 0 Å². The fraction of sp³-hybridized carbons (Fsp3) is 0.814. The van der Waals surface area contributed by atoms with Crippen LogP contribution in [-0.4, -0.2) is 67.6 Å². The zero-order valence-corrected chi connectivity index (χ0v) is 33.3. The number of nitrogens with one attached hydrogen (secondary N) is 1. The van der Waals surface area contributed by atoms with Crippen molar-refractivity contribution in [3.63, 3.8) is 0 Å². The van der Waals surface area contributed by atoms with Crippen LogP contribution in [0.1, 0.15) is 119 Å². The van der Waals surface area contributed by atoms with Crippen molar-refractivity contribution < 1.29 is 18.3 Å². The first kappa shape index (κ1) is 37.4. The van der Waals surface area contributed by atoms with E-state index >= 15 is 0 Å². The van der Waals surface area contributed by atoms with E-state index in [0.717, 1.165) is 19.5 Å². The van der Waals surface area contributed by atoms with Crippen molar-refractivity contribution >= 4 is 15.8 Å². The van der Waals surface area contributed by atoms with Crippen molar-refractivity contribution in [3.8, 4) is 6.07 Å². The number of carbonyl (C=O) groups is 1. The Balaban J connectivity index is 1.13. The molecule has 0 aromatic rings. The maximum atomic E-state index is 12.0. The fourth-order valence-electron chi connectivity index (χ4n) is 14.5. The highest BCUT2D eigenvalue weighted by molar-refractivity contribution is 7.91. The first-order valence-corrected chi connectivity index (χ1v) is 22.1. The molecule has 0 spiro atoms. The molecule has 1 aliphatic heterocycles. The van der Waals surface area contributed by atoms with E-state index in [-0.39, 0.29) is 27.2 Å². The summed E-state index contributed by atoms with van der Waals surface area (Å²) in [6.07, 6.45) is 17.1. The van der Waals surface area contributed by atoms with Crippen molar-refractivity contribution in [1.29, 1.82) is 5.26 Å². The van der Waals surface area contributed by atoms with Gasteiger partial charge < -0.3 is 15.3 Å². The maximum absolute atomic E-state index is 12.0.